The summed E-state index contributed by atoms with van der Waals surface area (Å²) < 4.78 is 13.4. The molecule has 0 aliphatic carbocycles. The predicted octanol–water partition coefficient (Wildman–Crippen LogP) is 3.17. The van der Waals surface area contributed by atoms with Crippen molar-refractivity contribution >= 4 is 0 Å². The fourth-order valence-corrected chi connectivity index (χ4v) is 25.4. The summed E-state index contributed by atoms with van der Waals surface area (Å²) in [5, 5.41) is 0. The zero-order valence-corrected chi connectivity index (χ0v) is 21.2. The Balaban J connectivity index is 7.32. The van der Waals surface area contributed by atoms with Crippen molar-refractivity contribution in [2.24, 2.45) is 0 Å². The van der Waals surface area contributed by atoms with E-state index in [1.54, 1.807) is 0 Å². The third-order valence-electron chi connectivity index (χ3n) is 5.09. The van der Waals surface area contributed by atoms with Crippen LogP contribution in [0.4, 0.5) is 0 Å². The predicted molar refractivity (Wildman–Crippen MR) is 105 cm³/mol. The van der Waals surface area contributed by atoms with Crippen LogP contribution in [0.25, 0.3) is 0 Å². The molecule has 0 saturated heterocycles. The molecule has 0 amide bonds. The molecule has 0 bridgehead atoms. The Labute approximate surface area is 155 Å². The van der Waals surface area contributed by atoms with Crippen LogP contribution in [-0.2, 0) is 17.1 Å². The molecule has 0 saturated carbocycles. The van der Waals surface area contributed by atoms with Gasteiger partial charge < -0.3 is 0 Å². The third-order valence-corrected chi connectivity index (χ3v) is 24.2. The van der Waals surface area contributed by atoms with E-state index in [1.165, 1.54) is 0 Å². The molecule has 0 aliphatic rings. The molecule has 0 radical (unpaired) electrons. The molecule has 5 nitrogen and oxygen atoms in total. The van der Waals surface area contributed by atoms with Gasteiger partial charge in [-0.05, 0) is 0 Å². The van der Waals surface area contributed by atoms with Gasteiger partial charge in [0.1, 0.15) is 0 Å². The summed E-state index contributed by atoms with van der Waals surface area (Å²) in [6.45, 7) is 18.8. The topological polar surface area (TPSA) is 16.2 Å². The Kier molecular flexibility index (Phi) is 8.68. The Morgan fingerprint density at radius 2 is 0.583 bits per heavy atom. The van der Waals surface area contributed by atoms with Gasteiger partial charge in [0.15, 0.2) is 0 Å². The van der Waals surface area contributed by atoms with Gasteiger partial charge in [-0.1, -0.05) is 0 Å². The SMILES string of the molecule is CC(C)[N](C(C)C)[Nb]([N](C)C)([N](C)C)([N](C)C)[N](C(C)C)C(C)C. The summed E-state index contributed by atoms with van der Waals surface area (Å²) in [5.74, 6) is 0. The Hall–Kier alpha value is 0.540. The molecule has 6 heteroatoms. The van der Waals surface area contributed by atoms with Gasteiger partial charge in [0.05, 0.1) is 0 Å². The van der Waals surface area contributed by atoms with Crippen molar-refractivity contribution in [2.75, 3.05) is 42.3 Å². The normalized spacial score (nSPS) is 16.0. The first-order valence-electron chi connectivity index (χ1n) is 9.33. The van der Waals surface area contributed by atoms with Gasteiger partial charge in [0.25, 0.3) is 0 Å². The van der Waals surface area contributed by atoms with E-state index in [0.717, 1.165) is 0 Å². The molecule has 0 aromatic heterocycles. The second-order valence-corrected chi connectivity index (χ2v) is 21.1. The zero-order valence-electron chi connectivity index (χ0n) is 19.0. The van der Waals surface area contributed by atoms with Crippen LogP contribution < -0.4 is 0 Å². The maximum atomic E-state index is 2.83. The summed E-state index contributed by atoms with van der Waals surface area (Å²) in [4.78, 5) is 0. The monoisotopic (exact) mass is 425 g/mol. The van der Waals surface area contributed by atoms with E-state index in [1.807, 2.05) is 0 Å². The summed E-state index contributed by atoms with van der Waals surface area (Å²) >= 11 is -4.04. The molecule has 0 fully saturated rings. The van der Waals surface area contributed by atoms with Gasteiger partial charge >= 0.3 is 155 Å². The van der Waals surface area contributed by atoms with Crippen molar-refractivity contribution < 1.29 is 17.1 Å². The first-order chi connectivity index (χ1) is 10.7. The van der Waals surface area contributed by atoms with Crippen LogP contribution in [0.2, 0.25) is 0 Å². The van der Waals surface area contributed by atoms with Gasteiger partial charge in [0, 0.05) is 0 Å². The maximum absolute atomic E-state index is 4.04. The van der Waals surface area contributed by atoms with Crippen molar-refractivity contribution in [3.8, 4) is 0 Å². The van der Waals surface area contributed by atoms with E-state index in [-0.39, 0.29) is 0 Å². The molecule has 0 unspecified atom stereocenters. The van der Waals surface area contributed by atoms with Crippen molar-refractivity contribution in [3.63, 3.8) is 0 Å². The van der Waals surface area contributed by atoms with Gasteiger partial charge in [-0.2, -0.15) is 0 Å². The summed E-state index contributed by atoms with van der Waals surface area (Å²) in [7, 11) is 13.7. The molecule has 0 atom stereocenters. The van der Waals surface area contributed by atoms with Crippen LogP contribution >= 0.6 is 0 Å². The van der Waals surface area contributed by atoms with E-state index in [2.05, 4.69) is 114 Å². The fourth-order valence-electron chi connectivity index (χ4n) is 5.28. The Bertz CT molecular complexity index is 326. The van der Waals surface area contributed by atoms with Crippen molar-refractivity contribution in [1.29, 1.82) is 0 Å². The number of nitrogens with zero attached hydrogens (tertiary/aromatic N) is 5. The molecule has 0 heterocycles. The van der Waals surface area contributed by atoms with E-state index in [9.17, 15) is 0 Å². The van der Waals surface area contributed by atoms with Crippen LogP contribution in [0.3, 0.4) is 0 Å². The average molecular weight is 426 g/mol. The van der Waals surface area contributed by atoms with Crippen molar-refractivity contribution in [2.45, 2.75) is 79.6 Å². The van der Waals surface area contributed by atoms with Crippen molar-refractivity contribution in [3.05, 3.63) is 0 Å². The van der Waals surface area contributed by atoms with Gasteiger partial charge in [-0.25, -0.2) is 0 Å². The second kappa shape index (κ2) is 8.49. The first kappa shape index (κ1) is 24.5. The van der Waals surface area contributed by atoms with E-state index in [4.69, 9.17) is 0 Å². The van der Waals surface area contributed by atoms with Crippen LogP contribution in [0.1, 0.15) is 55.4 Å². The molecular weight excluding hydrogens is 379 g/mol. The van der Waals surface area contributed by atoms with Crippen LogP contribution in [0.5, 0.6) is 0 Å². The van der Waals surface area contributed by atoms with Gasteiger partial charge in [-0.3, -0.25) is 0 Å². The zero-order chi connectivity index (χ0) is 19.6. The molecular formula is C18H46N5Nb. The average Bonchev–Trinajstić information content (AvgIpc) is 2.34. The van der Waals surface area contributed by atoms with E-state index >= 15 is 0 Å². The molecule has 0 aromatic rings. The first-order valence-corrected chi connectivity index (χ1v) is 14.3. The summed E-state index contributed by atoms with van der Waals surface area (Å²) in [6, 6.07) is 1.83. The van der Waals surface area contributed by atoms with Crippen molar-refractivity contribution in [1.82, 2.24) is 16.5 Å². The fraction of sp³-hybridized carbons (Fsp3) is 1.00. The standard InChI is InChI=1S/2C6H14N.3C2H6N.Nb/c2*1-5(2)7-6(3)4;3*1-3-2;/h2*5-6H,1-4H3;3*1-2H3;/q5*-1;+5. The summed E-state index contributed by atoms with van der Waals surface area (Å²) in [6.07, 6.45) is 0. The van der Waals surface area contributed by atoms with Crippen LogP contribution in [0, 0.1) is 0 Å². The molecule has 0 aromatic carbocycles. The molecule has 0 aliphatic heterocycles. The Morgan fingerprint density at radius 1 is 0.417 bits per heavy atom. The Morgan fingerprint density at radius 3 is 0.667 bits per heavy atom. The molecule has 148 valence electrons. The number of rotatable bonds is 9. The van der Waals surface area contributed by atoms with Crippen LogP contribution in [-0.4, -0.2) is 83.0 Å². The molecule has 24 heavy (non-hydrogen) atoms. The molecule has 0 spiro atoms. The second-order valence-electron chi connectivity index (χ2n) is 8.57. The molecule has 0 rings (SSSR count). The quantitative estimate of drug-likeness (QED) is 0.526. The van der Waals surface area contributed by atoms with Crippen LogP contribution in [0.15, 0.2) is 0 Å². The van der Waals surface area contributed by atoms with E-state index < -0.39 is 17.1 Å². The minimum atomic E-state index is -4.04. The van der Waals surface area contributed by atoms with Gasteiger partial charge in [-0.15, -0.1) is 0 Å². The third kappa shape index (κ3) is 3.27. The number of hydrogen-bond acceptors (Lipinski definition) is 5. The summed E-state index contributed by atoms with van der Waals surface area (Å²) in [5.41, 5.74) is 0. The number of hydrogen-bond donors (Lipinski definition) is 0. The molecule has 0 N–H and O–H groups in total. The minimum absolute atomic E-state index is 0.457. The van der Waals surface area contributed by atoms with Gasteiger partial charge in [0.2, 0.25) is 0 Å². The van der Waals surface area contributed by atoms with E-state index in [0.29, 0.717) is 24.2 Å².